The number of hydrazine groups is 2. The zero-order valence-corrected chi connectivity index (χ0v) is 13.8. The predicted octanol–water partition coefficient (Wildman–Crippen LogP) is 0.511. The summed E-state index contributed by atoms with van der Waals surface area (Å²) in [4.78, 5) is 7.13. The van der Waals surface area contributed by atoms with E-state index in [0.29, 0.717) is 17.2 Å². The largest absolute Gasteiger partial charge is 0.361 e. The van der Waals surface area contributed by atoms with Gasteiger partial charge in [0.05, 0.1) is 11.4 Å². The minimum absolute atomic E-state index is 0.0627. The fraction of sp³-hybridized carbons (Fsp3) is 0.176. The van der Waals surface area contributed by atoms with Crippen LogP contribution >= 0.6 is 0 Å². The molecule has 1 aromatic heterocycles. The van der Waals surface area contributed by atoms with Gasteiger partial charge < -0.3 is 16.1 Å². The van der Waals surface area contributed by atoms with E-state index in [2.05, 4.69) is 27.9 Å². The first-order valence-corrected chi connectivity index (χ1v) is 7.97. The SMILES string of the molecule is CCC(C1=CN(c2ccccc2F)NN1)c1ccc(C(N)=NC=[NH2+])[nH]1. The van der Waals surface area contributed by atoms with E-state index in [1.807, 2.05) is 18.3 Å². The molecular formula is C17H21FN7+. The predicted molar refractivity (Wildman–Crippen MR) is 95.8 cm³/mol. The molecule has 0 amide bonds. The Balaban J connectivity index is 1.85. The Hall–Kier alpha value is -3.13. The fourth-order valence-corrected chi connectivity index (χ4v) is 2.80. The molecule has 0 spiro atoms. The summed E-state index contributed by atoms with van der Waals surface area (Å²) >= 11 is 0. The first-order chi connectivity index (χ1) is 12.1. The Kier molecular flexibility index (Phi) is 4.80. The molecule has 0 saturated carbocycles. The molecule has 7 N–H and O–H groups in total. The fourth-order valence-electron chi connectivity index (χ4n) is 2.80. The first-order valence-electron chi connectivity index (χ1n) is 7.97. The van der Waals surface area contributed by atoms with Gasteiger partial charge in [0.15, 0.2) is 0 Å². The average Bonchev–Trinajstić information content (AvgIpc) is 3.27. The number of nitrogens with two attached hydrogens (primary N) is 2. The van der Waals surface area contributed by atoms with Gasteiger partial charge in [-0.05, 0) is 35.7 Å². The van der Waals surface area contributed by atoms with Crippen LogP contribution in [0.2, 0.25) is 0 Å². The van der Waals surface area contributed by atoms with E-state index >= 15 is 0 Å². The van der Waals surface area contributed by atoms with Crippen LogP contribution in [0.1, 0.15) is 30.7 Å². The molecule has 8 heteroatoms. The second kappa shape index (κ2) is 7.18. The Labute approximate surface area is 144 Å². The lowest BCUT2D eigenvalue weighted by molar-refractivity contribution is -0.106. The van der Waals surface area contributed by atoms with Crippen LogP contribution < -0.4 is 27.1 Å². The van der Waals surface area contributed by atoms with Crippen LogP contribution in [0.25, 0.3) is 0 Å². The molecule has 1 aliphatic heterocycles. The van der Waals surface area contributed by atoms with Crippen molar-refractivity contribution in [3.05, 3.63) is 65.5 Å². The molecule has 1 aliphatic rings. The number of rotatable bonds is 6. The second-order valence-electron chi connectivity index (χ2n) is 5.59. The molecule has 3 rings (SSSR count). The van der Waals surface area contributed by atoms with Crippen molar-refractivity contribution in [1.82, 2.24) is 15.9 Å². The summed E-state index contributed by atoms with van der Waals surface area (Å²) in [6.45, 7) is 2.07. The zero-order chi connectivity index (χ0) is 17.8. The van der Waals surface area contributed by atoms with Crippen LogP contribution in [0.3, 0.4) is 0 Å². The van der Waals surface area contributed by atoms with Crippen molar-refractivity contribution >= 4 is 17.9 Å². The summed E-state index contributed by atoms with van der Waals surface area (Å²) in [6.07, 6.45) is 3.84. The number of amidine groups is 1. The van der Waals surface area contributed by atoms with E-state index in [-0.39, 0.29) is 11.7 Å². The maximum atomic E-state index is 14.0. The van der Waals surface area contributed by atoms with Crippen LogP contribution in [0.15, 0.2) is 53.3 Å². The zero-order valence-electron chi connectivity index (χ0n) is 13.8. The van der Waals surface area contributed by atoms with Crippen molar-refractivity contribution in [2.45, 2.75) is 19.3 Å². The summed E-state index contributed by atoms with van der Waals surface area (Å²) in [7, 11) is 0. The molecule has 0 saturated heterocycles. The molecule has 0 bridgehead atoms. The van der Waals surface area contributed by atoms with Crippen LogP contribution in [0.4, 0.5) is 10.1 Å². The average molecular weight is 342 g/mol. The first kappa shape index (κ1) is 16.7. The third-order valence-corrected chi connectivity index (χ3v) is 4.06. The van der Waals surface area contributed by atoms with E-state index in [1.54, 1.807) is 23.2 Å². The van der Waals surface area contributed by atoms with Gasteiger partial charge in [-0.1, -0.05) is 19.1 Å². The van der Waals surface area contributed by atoms with Crippen molar-refractivity contribution in [2.24, 2.45) is 10.7 Å². The van der Waals surface area contributed by atoms with Gasteiger partial charge in [-0.25, -0.2) is 4.39 Å². The third-order valence-electron chi connectivity index (χ3n) is 4.06. The number of allylic oxidation sites excluding steroid dienone is 1. The quantitative estimate of drug-likeness (QED) is 0.389. The lowest BCUT2D eigenvalue weighted by Gasteiger charge is -2.16. The topological polar surface area (TPSA) is 107 Å². The van der Waals surface area contributed by atoms with Crippen LogP contribution in [0, 0.1) is 5.82 Å². The highest BCUT2D eigenvalue weighted by atomic mass is 19.1. The molecule has 2 heterocycles. The van der Waals surface area contributed by atoms with E-state index in [4.69, 9.17) is 11.1 Å². The number of hydrogen-bond donors (Lipinski definition) is 5. The summed E-state index contributed by atoms with van der Waals surface area (Å²) in [5.74, 6) is 0.0854. The van der Waals surface area contributed by atoms with Gasteiger partial charge in [0.25, 0.3) is 12.2 Å². The smallest absolute Gasteiger partial charge is 0.280 e. The monoisotopic (exact) mass is 342 g/mol. The van der Waals surface area contributed by atoms with Crippen molar-refractivity contribution in [3.8, 4) is 0 Å². The number of aromatic amines is 1. The maximum Gasteiger partial charge on any atom is 0.280 e. The van der Waals surface area contributed by atoms with Crippen LogP contribution in [-0.2, 0) is 0 Å². The van der Waals surface area contributed by atoms with Crippen LogP contribution in [0.5, 0.6) is 0 Å². The molecule has 0 aliphatic carbocycles. The molecule has 1 atom stereocenters. The summed E-state index contributed by atoms with van der Waals surface area (Å²) in [6, 6.07) is 10.4. The lowest BCUT2D eigenvalue weighted by Crippen LogP contribution is -2.37. The number of nitrogens with zero attached hydrogens (tertiary/aromatic N) is 2. The minimum atomic E-state index is -0.300. The minimum Gasteiger partial charge on any atom is -0.361 e. The summed E-state index contributed by atoms with van der Waals surface area (Å²) < 4.78 is 14.0. The lowest BCUT2D eigenvalue weighted by atomic mass is 9.99. The third kappa shape index (κ3) is 3.38. The number of H-pyrrole nitrogens is 1. The molecule has 7 nitrogen and oxygen atoms in total. The summed E-state index contributed by atoms with van der Waals surface area (Å²) in [5.41, 5.74) is 15.0. The molecule has 2 aromatic rings. The molecule has 25 heavy (non-hydrogen) atoms. The van der Waals surface area contributed by atoms with Crippen molar-refractivity contribution in [2.75, 3.05) is 5.01 Å². The second-order valence-corrected chi connectivity index (χ2v) is 5.59. The number of hydrogen-bond acceptors (Lipinski definition) is 3. The van der Waals surface area contributed by atoms with E-state index < -0.39 is 0 Å². The van der Waals surface area contributed by atoms with E-state index in [9.17, 15) is 4.39 Å². The molecule has 130 valence electrons. The number of aromatic nitrogens is 1. The normalized spacial score (nSPS) is 15.7. The van der Waals surface area contributed by atoms with Crippen LogP contribution in [-0.4, -0.2) is 17.2 Å². The number of aliphatic imine (C=N–C) groups is 1. The molecule has 0 radical (unpaired) electrons. The highest BCUT2D eigenvalue weighted by Gasteiger charge is 2.24. The highest BCUT2D eigenvalue weighted by molar-refractivity contribution is 5.99. The summed E-state index contributed by atoms with van der Waals surface area (Å²) in [5, 5.41) is 6.89. The molecule has 1 unspecified atom stereocenters. The standard InChI is InChI=1S/C17H20FN7/c1-2-11(13-7-8-14(22-13)17(20)21-10-19)15-9-25(24-23-15)16-6-4-3-5-12(16)18/h3-11,22-24H,2H2,1H3,(H3,19,20,21)/p+1. The number of anilines is 1. The van der Waals surface area contributed by atoms with Gasteiger partial charge >= 0.3 is 0 Å². The van der Waals surface area contributed by atoms with E-state index in [0.717, 1.165) is 24.2 Å². The Bertz CT molecular complexity index is 824. The van der Waals surface area contributed by atoms with Crippen molar-refractivity contribution in [3.63, 3.8) is 0 Å². The Morgan fingerprint density at radius 3 is 2.88 bits per heavy atom. The molecular weight excluding hydrogens is 321 g/mol. The highest BCUT2D eigenvalue weighted by Crippen LogP contribution is 2.29. The van der Waals surface area contributed by atoms with Gasteiger partial charge in [-0.2, -0.15) is 0 Å². The molecule has 1 aromatic carbocycles. The van der Waals surface area contributed by atoms with Crippen molar-refractivity contribution in [1.29, 1.82) is 0 Å². The van der Waals surface area contributed by atoms with Crippen molar-refractivity contribution < 1.29 is 9.80 Å². The number of nitrogens with one attached hydrogen (secondary N) is 3. The maximum absolute atomic E-state index is 14.0. The van der Waals surface area contributed by atoms with Gasteiger partial charge in [0.1, 0.15) is 11.5 Å². The molecule has 0 fully saturated rings. The number of halogens is 1. The Morgan fingerprint density at radius 2 is 2.16 bits per heavy atom. The number of benzene rings is 1. The Morgan fingerprint density at radius 1 is 1.36 bits per heavy atom. The van der Waals surface area contributed by atoms with Gasteiger partial charge in [0, 0.05) is 17.8 Å². The van der Waals surface area contributed by atoms with E-state index in [1.165, 1.54) is 6.07 Å². The van der Waals surface area contributed by atoms with Gasteiger partial charge in [-0.15, -0.1) is 5.53 Å². The van der Waals surface area contributed by atoms with Gasteiger partial charge in [-0.3, -0.25) is 10.4 Å². The number of para-hydroxylation sites is 1. The van der Waals surface area contributed by atoms with Gasteiger partial charge in [0.2, 0.25) is 0 Å².